The van der Waals surface area contributed by atoms with Crippen molar-refractivity contribution in [3.63, 3.8) is 0 Å². The highest BCUT2D eigenvalue weighted by atomic mass is 19.4. The molecule has 0 saturated heterocycles. The summed E-state index contributed by atoms with van der Waals surface area (Å²) in [6.07, 6.45) is -0.908. The lowest BCUT2D eigenvalue weighted by atomic mass is 10.1. The van der Waals surface area contributed by atoms with E-state index in [1.165, 1.54) is 12.1 Å². The summed E-state index contributed by atoms with van der Waals surface area (Å²) < 4.78 is 44.3. The summed E-state index contributed by atoms with van der Waals surface area (Å²) in [7, 11) is 0. The van der Waals surface area contributed by atoms with Crippen molar-refractivity contribution in [1.29, 1.82) is 0 Å². The number of nitrogens with zero attached hydrogens (tertiary/aromatic N) is 3. The molecule has 0 bridgehead atoms. The molecular weight excluding hydrogens is 283 g/mol. The van der Waals surface area contributed by atoms with Gasteiger partial charge in [0.2, 0.25) is 0 Å². The van der Waals surface area contributed by atoms with E-state index in [9.17, 15) is 13.2 Å². The fourth-order valence-electron chi connectivity index (χ4n) is 1.91. The highest BCUT2D eigenvalue weighted by Crippen LogP contribution is 2.31. The molecule has 0 fully saturated rings. The first-order valence-electron chi connectivity index (χ1n) is 6.13. The number of benzene rings is 1. The van der Waals surface area contributed by atoms with Gasteiger partial charge in [0.1, 0.15) is 5.69 Å². The molecule has 0 aliphatic heterocycles. The van der Waals surface area contributed by atoms with Crippen molar-refractivity contribution in [3.05, 3.63) is 60.0 Å². The molecule has 0 N–H and O–H groups in total. The molecule has 3 rings (SSSR count). The Morgan fingerprint density at radius 3 is 2.52 bits per heavy atom. The van der Waals surface area contributed by atoms with E-state index in [0.717, 1.165) is 12.1 Å². The molecule has 4 nitrogen and oxygen atoms in total. The Labute approximate surface area is 117 Å². The van der Waals surface area contributed by atoms with Gasteiger partial charge in [-0.25, -0.2) is 0 Å². The Kier molecular flexibility index (Phi) is 3.25. The van der Waals surface area contributed by atoms with Crippen molar-refractivity contribution < 1.29 is 17.7 Å². The minimum absolute atomic E-state index is 0.422. The second-order valence-corrected chi connectivity index (χ2v) is 4.46. The van der Waals surface area contributed by atoms with E-state index in [2.05, 4.69) is 10.3 Å². The number of hydrogen-bond donors (Lipinski definition) is 0. The van der Waals surface area contributed by atoms with Crippen molar-refractivity contribution in [2.75, 3.05) is 0 Å². The Hall–Kier alpha value is -2.57. The predicted molar refractivity (Wildman–Crippen MR) is 68.3 cm³/mol. The van der Waals surface area contributed by atoms with Gasteiger partial charge in [-0.05, 0) is 18.2 Å². The zero-order valence-electron chi connectivity index (χ0n) is 10.7. The van der Waals surface area contributed by atoms with Crippen LogP contribution in [0.3, 0.4) is 0 Å². The maximum Gasteiger partial charge on any atom is 0.416 e. The minimum atomic E-state index is -4.34. The first-order valence-corrected chi connectivity index (χ1v) is 6.13. The Morgan fingerprint density at radius 2 is 1.90 bits per heavy atom. The largest absolute Gasteiger partial charge is 0.416 e. The van der Waals surface area contributed by atoms with E-state index in [1.54, 1.807) is 29.2 Å². The number of rotatable bonds is 3. The molecule has 0 radical (unpaired) electrons. The van der Waals surface area contributed by atoms with Crippen LogP contribution < -0.4 is 0 Å². The summed E-state index contributed by atoms with van der Waals surface area (Å²) in [4.78, 5) is 0. The average molecular weight is 293 g/mol. The molecular formula is C14H10F3N3O. The van der Waals surface area contributed by atoms with Crippen LogP contribution in [-0.4, -0.2) is 14.9 Å². The third kappa shape index (κ3) is 2.96. The fraction of sp³-hybridized carbons (Fsp3) is 0.143. The molecule has 0 spiro atoms. The van der Waals surface area contributed by atoms with Crippen molar-refractivity contribution in [3.8, 4) is 11.3 Å². The summed E-state index contributed by atoms with van der Waals surface area (Å²) in [6.45, 7) is 0.442. The molecule has 0 unspecified atom stereocenters. The topological polar surface area (TPSA) is 43.9 Å². The van der Waals surface area contributed by atoms with Crippen LogP contribution >= 0.6 is 0 Å². The van der Waals surface area contributed by atoms with Crippen LogP contribution in [0, 0.1) is 0 Å². The normalized spacial score (nSPS) is 11.8. The van der Waals surface area contributed by atoms with Crippen molar-refractivity contribution in [1.82, 2.24) is 14.9 Å². The highest BCUT2D eigenvalue weighted by molar-refractivity contribution is 5.57. The molecule has 0 saturated carbocycles. The van der Waals surface area contributed by atoms with Gasteiger partial charge in [-0.2, -0.15) is 18.3 Å². The lowest BCUT2D eigenvalue weighted by Gasteiger charge is -2.06. The second-order valence-electron chi connectivity index (χ2n) is 4.46. The molecule has 2 aromatic heterocycles. The highest BCUT2D eigenvalue weighted by Gasteiger charge is 2.30. The van der Waals surface area contributed by atoms with Gasteiger partial charge in [0.15, 0.2) is 5.76 Å². The van der Waals surface area contributed by atoms with E-state index in [4.69, 9.17) is 4.52 Å². The van der Waals surface area contributed by atoms with Crippen LogP contribution in [0.4, 0.5) is 13.2 Å². The molecule has 1 aromatic carbocycles. The summed E-state index contributed by atoms with van der Waals surface area (Å²) in [5.74, 6) is 0.422. The van der Waals surface area contributed by atoms with Crippen LogP contribution in [0.2, 0.25) is 0 Å². The average Bonchev–Trinajstić information content (AvgIpc) is 3.10. The molecule has 3 aromatic rings. The molecule has 108 valence electrons. The van der Waals surface area contributed by atoms with E-state index in [-0.39, 0.29) is 0 Å². The van der Waals surface area contributed by atoms with Crippen molar-refractivity contribution in [2.24, 2.45) is 0 Å². The van der Waals surface area contributed by atoms with Gasteiger partial charge in [-0.15, -0.1) is 0 Å². The number of hydrogen-bond acceptors (Lipinski definition) is 3. The summed E-state index contributed by atoms with van der Waals surface area (Å²) >= 11 is 0. The quantitative estimate of drug-likeness (QED) is 0.741. The second kappa shape index (κ2) is 5.08. The maximum absolute atomic E-state index is 12.5. The first-order chi connectivity index (χ1) is 10.0. The van der Waals surface area contributed by atoms with Crippen LogP contribution in [0.15, 0.2) is 53.3 Å². The smallest absolute Gasteiger partial charge is 0.356 e. The molecule has 21 heavy (non-hydrogen) atoms. The van der Waals surface area contributed by atoms with Gasteiger partial charge in [0.05, 0.1) is 12.1 Å². The third-order valence-electron chi connectivity index (χ3n) is 2.94. The Morgan fingerprint density at radius 1 is 1.14 bits per heavy atom. The summed E-state index contributed by atoms with van der Waals surface area (Å²) in [5.41, 5.74) is 0.498. The zero-order chi connectivity index (χ0) is 14.9. The number of alkyl halides is 3. The number of halogens is 3. The van der Waals surface area contributed by atoms with Crippen LogP contribution in [0.5, 0.6) is 0 Å². The van der Waals surface area contributed by atoms with Crippen molar-refractivity contribution >= 4 is 0 Å². The third-order valence-corrected chi connectivity index (χ3v) is 2.94. The molecule has 7 heteroatoms. The fourth-order valence-corrected chi connectivity index (χ4v) is 1.91. The van der Waals surface area contributed by atoms with E-state index in [0.29, 0.717) is 23.6 Å². The van der Waals surface area contributed by atoms with Crippen LogP contribution in [0.25, 0.3) is 11.3 Å². The predicted octanol–water partition coefficient (Wildman–Crippen LogP) is 3.61. The van der Waals surface area contributed by atoms with Crippen molar-refractivity contribution in [2.45, 2.75) is 12.7 Å². The van der Waals surface area contributed by atoms with Crippen LogP contribution in [0.1, 0.15) is 11.3 Å². The lowest BCUT2D eigenvalue weighted by molar-refractivity contribution is -0.137. The standard InChI is InChI=1S/C14H10F3N3O/c15-14(16,17)11-4-2-10(3-5-11)13-8-12(19-21-13)9-20-7-1-6-18-20/h1-8H,9H2. The SMILES string of the molecule is FC(F)(F)c1ccc(-c2cc(Cn3cccn3)no2)cc1. The van der Waals surface area contributed by atoms with Gasteiger partial charge >= 0.3 is 6.18 Å². The first kappa shape index (κ1) is 13.4. The zero-order valence-corrected chi connectivity index (χ0v) is 10.7. The van der Waals surface area contributed by atoms with Gasteiger partial charge in [-0.1, -0.05) is 17.3 Å². The molecule has 0 amide bonds. The monoisotopic (exact) mass is 293 g/mol. The summed E-state index contributed by atoms with van der Waals surface area (Å²) in [5, 5.41) is 7.92. The van der Waals surface area contributed by atoms with Gasteiger partial charge in [0.25, 0.3) is 0 Å². The molecule has 0 aliphatic rings. The van der Waals surface area contributed by atoms with Crippen LogP contribution in [-0.2, 0) is 12.7 Å². The lowest BCUT2D eigenvalue weighted by Crippen LogP contribution is -2.03. The summed E-state index contributed by atoms with van der Waals surface area (Å²) in [6, 6.07) is 8.24. The molecule has 0 aliphatic carbocycles. The molecule has 2 heterocycles. The van der Waals surface area contributed by atoms with E-state index in [1.807, 2.05) is 0 Å². The van der Waals surface area contributed by atoms with E-state index >= 15 is 0 Å². The van der Waals surface area contributed by atoms with E-state index < -0.39 is 11.7 Å². The van der Waals surface area contributed by atoms with Gasteiger partial charge in [0, 0.05) is 24.0 Å². The van der Waals surface area contributed by atoms with Gasteiger partial charge in [-0.3, -0.25) is 4.68 Å². The minimum Gasteiger partial charge on any atom is -0.356 e. The molecule has 0 atom stereocenters. The Bertz CT molecular complexity index is 715. The maximum atomic E-state index is 12.5. The number of aromatic nitrogens is 3. The van der Waals surface area contributed by atoms with Gasteiger partial charge < -0.3 is 4.52 Å². The Balaban J connectivity index is 1.80.